The second kappa shape index (κ2) is 30.0. The minimum Gasteiger partial charge on any atom is 0 e. The van der Waals surface area contributed by atoms with Crippen LogP contribution in [0.3, 0.4) is 0 Å². The molecule has 0 spiro atoms. The van der Waals surface area contributed by atoms with E-state index < -0.39 is 0 Å². The molecule has 6 heavy (non-hydrogen) atoms. The van der Waals surface area contributed by atoms with Gasteiger partial charge in [0.2, 0.25) is 0 Å². The Kier molecular flexibility index (Phi) is 196. The molecule has 0 rings (SSSR count). The molecule has 5 radical (unpaired) electrons. The van der Waals surface area contributed by atoms with E-state index in [-0.39, 0.29) is 200 Å². The van der Waals surface area contributed by atoms with Gasteiger partial charge in [-0.3, -0.25) is 0 Å². The molecule has 0 nitrogen and oxygen atoms in total. The van der Waals surface area contributed by atoms with E-state index in [0.717, 1.165) is 0 Å². The molecule has 0 aliphatic rings. The minimum absolute atomic E-state index is 0. The van der Waals surface area contributed by atoms with E-state index >= 15 is 0 Å². The van der Waals surface area contributed by atoms with E-state index in [1.54, 1.807) is 0 Å². The van der Waals surface area contributed by atoms with Crippen molar-refractivity contribution in [2.75, 3.05) is 0 Å². The number of hydrogen-bond acceptors (Lipinski definition) is 0. The average molecular weight is 531 g/mol. The predicted octanol–water partition coefficient (Wildman–Crippen LogP) is -1.15. The molecule has 0 fully saturated rings. The maximum atomic E-state index is 0. The molecule has 0 saturated heterocycles. The first kappa shape index (κ1) is 39.2. The van der Waals surface area contributed by atoms with E-state index in [2.05, 4.69) is 0 Å². The molecule has 0 unspecified atom stereocenters. The van der Waals surface area contributed by atoms with Gasteiger partial charge in [-0.2, -0.15) is 0 Å². The summed E-state index contributed by atoms with van der Waals surface area (Å²) in [6.45, 7) is 0. The summed E-state index contributed by atoms with van der Waals surface area (Å²) in [4.78, 5) is 0. The van der Waals surface area contributed by atoms with E-state index in [4.69, 9.17) is 0 Å². The molecule has 23 valence electrons. The summed E-state index contributed by atoms with van der Waals surface area (Å²) in [6.07, 6.45) is 0. The van der Waals surface area contributed by atoms with E-state index in [1.807, 2.05) is 0 Å². The Labute approximate surface area is 193 Å². The van der Waals surface area contributed by atoms with Gasteiger partial charge in [0.15, 0.2) is 0 Å². The maximum absolute atomic E-state index is 0. The molecular formula is CeFeKMgSrW. The van der Waals surface area contributed by atoms with Crippen LogP contribution in [0.4, 0.5) is 0 Å². The maximum Gasteiger partial charge on any atom is 0 e. The minimum atomic E-state index is 0. The van der Waals surface area contributed by atoms with Crippen molar-refractivity contribution in [3.05, 3.63) is 0 Å². The van der Waals surface area contributed by atoms with Gasteiger partial charge in [-0.25, -0.2) is 0 Å². The first-order chi connectivity index (χ1) is 0. The normalized spacial score (nSPS) is 0. The third-order valence-corrected chi connectivity index (χ3v) is 0. The van der Waals surface area contributed by atoms with Gasteiger partial charge in [-0.05, 0) is 0 Å². The first-order valence-corrected chi connectivity index (χ1v) is 0. The fraction of sp³-hybridized carbons (Fsp3) is 0. The van der Waals surface area contributed by atoms with Gasteiger partial charge < -0.3 is 0 Å². The van der Waals surface area contributed by atoms with E-state index in [0.29, 0.717) is 0 Å². The topological polar surface area (TPSA) is 0 Å². The number of rotatable bonds is 0. The van der Waals surface area contributed by atoms with Crippen molar-refractivity contribution in [2.45, 2.75) is 0 Å². The van der Waals surface area contributed by atoms with E-state index in [1.165, 1.54) is 0 Å². The summed E-state index contributed by atoms with van der Waals surface area (Å²) >= 11 is 0. The van der Waals surface area contributed by atoms with E-state index in [9.17, 15) is 0 Å². The van der Waals surface area contributed by atoms with Crippen LogP contribution in [0.5, 0.6) is 0 Å². The molecule has 0 saturated carbocycles. The van der Waals surface area contributed by atoms with Crippen molar-refractivity contribution in [1.29, 1.82) is 0 Å². The van der Waals surface area contributed by atoms with Crippen molar-refractivity contribution in [3.63, 3.8) is 0 Å². The second-order valence-corrected chi connectivity index (χ2v) is 0. The second-order valence-electron chi connectivity index (χ2n) is 0. The van der Waals surface area contributed by atoms with Gasteiger partial charge in [-0.15, -0.1) is 0 Å². The zero-order chi connectivity index (χ0) is 0. The van der Waals surface area contributed by atoms with Crippen LogP contribution in [-0.4, -0.2) is 120 Å². The summed E-state index contributed by atoms with van der Waals surface area (Å²) in [5.41, 5.74) is 0. The van der Waals surface area contributed by atoms with Crippen molar-refractivity contribution in [1.82, 2.24) is 0 Å². The molecule has 0 aromatic carbocycles. The summed E-state index contributed by atoms with van der Waals surface area (Å²) in [5.74, 6) is 0. The van der Waals surface area contributed by atoms with Crippen LogP contribution < -0.4 is 0 Å². The van der Waals surface area contributed by atoms with Crippen LogP contribution in [0.15, 0.2) is 0 Å². The quantitative estimate of drug-likeness (QED) is 0.347. The average Bonchev–Trinajstić information content (AvgIpc) is 0. The number of hydrogen-bond donors (Lipinski definition) is 0. The largest absolute Gasteiger partial charge is 0 e. The summed E-state index contributed by atoms with van der Waals surface area (Å²) in [7, 11) is 0. The molecule has 6 heteroatoms. The molecular weight excluding hydrogens is 531 g/mol. The van der Waals surface area contributed by atoms with Crippen molar-refractivity contribution in [3.8, 4) is 0 Å². The van der Waals surface area contributed by atoms with Crippen LogP contribution in [0.2, 0.25) is 0 Å². The fourth-order valence-corrected chi connectivity index (χ4v) is 0. The monoisotopic (exact) mass is 531 g/mol. The van der Waals surface area contributed by atoms with Gasteiger partial charge >= 0.3 is 0 Å². The molecule has 0 amide bonds. The Hall–Kier alpha value is 6.47. The Bertz CT molecular complexity index is 15.5. The van der Waals surface area contributed by atoms with Crippen LogP contribution >= 0.6 is 0 Å². The zero-order valence-electron chi connectivity index (χ0n) is 3.68. The van der Waals surface area contributed by atoms with Gasteiger partial charge in [0.25, 0.3) is 0 Å². The molecule has 0 atom stereocenters. The Balaban J connectivity index is 0. The van der Waals surface area contributed by atoms with Crippen LogP contribution in [0, 0.1) is 41.7 Å². The van der Waals surface area contributed by atoms with Crippen LogP contribution in [0.25, 0.3) is 0 Å². The summed E-state index contributed by atoms with van der Waals surface area (Å²) < 4.78 is 0. The third-order valence-electron chi connectivity index (χ3n) is 0. The smallest absolute Gasteiger partial charge is 0 e. The predicted molar refractivity (Wildman–Crippen MR) is 17.3 cm³/mol. The SMILES string of the molecule is [Ce].[Fe].[K].[Mg].[Sr].[W]. The first-order valence-electron chi connectivity index (χ1n) is 0. The third kappa shape index (κ3) is 22.4. The molecule has 0 aromatic heterocycles. The molecule has 0 heterocycles. The Morgan fingerprint density at radius 1 is 1.00 bits per heavy atom. The summed E-state index contributed by atoms with van der Waals surface area (Å²) in [6, 6.07) is 0. The molecule has 0 aliphatic carbocycles. The van der Waals surface area contributed by atoms with Crippen molar-refractivity contribution >= 4 is 120 Å². The van der Waals surface area contributed by atoms with Gasteiger partial charge in [0.1, 0.15) is 0 Å². The Morgan fingerprint density at radius 2 is 1.00 bits per heavy atom. The Morgan fingerprint density at radius 3 is 1.00 bits per heavy atom. The standard InChI is InChI=1S/Ce.Fe.K.Mg.Sr.W. The van der Waals surface area contributed by atoms with Crippen LogP contribution in [-0.2, 0) is 38.1 Å². The zero-order valence-corrected chi connectivity index (χ0v) is 18.9. The van der Waals surface area contributed by atoms with Crippen molar-refractivity contribution < 1.29 is 79.9 Å². The fourth-order valence-electron chi connectivity index (χ4n) is 0. The van der Waals surface area contributed by atoms with Gasteiger partial charge in [0, 0.05) is 200 Å². The summed E-state index contributed by atoms with van der Waals surface area (Å²) in [5, 5.41) is 0. The molecule has 0 bridgehead atoms. The van der Waals surface area contributed by atoms with Gasteiger partial charge in [0.05, 0.1) is 0 Å². The molecule has 0 aromatic rings. The molecule has 0 N–H and O–H groups in total. The molecule has 0 aliphatic heterocycles. The van der Waals surface area contributed by atoms with Gasteiger partial charge in [-0.1, -0.05) is 0 Å². The van der Waals surface area contributed by atoms with Crippen molar-refractivity contribution in [2.24, 2.45) is 0 Å². The van der Waals surface area contributed by atoms with Crippen LogP contribution in [0.1, 0.15) is 0 Å².